The lowest BCUT2D eigenvalue weighted by Gasteiger charge is -2.39. The van der Waals surface area contributed by atoms with E-state index in [4.69, 9.17) is 21.7 Å². The van der Waals surface area contributed by atoms with E-state index in [-0.39, 0.29) is 34.3 Å². The van der Waals surface area contributed by atoms with Crippen LogP contribution >= 0.6 is 11.6 Å². The lowest BCUT2D eigenvalue weighted by atomic mass is 9.64. The summed E-state index contributed by atoms with van der Waals surface area (Å²) < 4.78 is 6.03. The average Bonchev–Trinajstić information content (AvgIpc) is 2.76. The molecule has 176 valence electrons. The maximum absolute atomic E-state index is 12.7. The fourth-order valence-electron chi connectivity index (χ4n) is 4.79. The third-order valence-electron chi connectivity index (χ3n) is 6.95. The summed E-state index contributed by atoms with van der Waals surface area (Å²) in [4.78, 5) is 21.4. The number of ether oxygens (including phenoxy) is 1. The van der Waals surface area contributed by atoms with Crippen molar-refractivity contribution in [1.29, 1.82) is 5.41 Å². The molecule has 2 aliphatic rings. The Bertz CT molecular complexity index is 888. The molecule has 3 rings (SSSR count). The van der Waals surface area contributed by atoms with E-state index in [0.29, 0.717) is 43.1 Å². The number of hydrogen-bond donors (Lipinski definition) is 3. The summed E-state index contributed by atoms with van der Waals surface area (Å²) in [5.74, 6) is 0.878. The molecule has 2 aliphatic carbocycles. The van der Waals surface area contributed by atoms with Crippen molar-refractivity contribution in [2.24, 2.45) is 11.3 Å². The highest BCUT2D eigenvalue weighted by molar-refractivity contribution is 6.29. The van der Waals surface area contributed by atoms with Gasteiger partial charge in [0.25, 0.3) is 0 Å². The van der Waals surface area contributed by atoms with Crippen LogP contribution in [0, 0.1) is 16.7 Å². The molecule has 1 aromatic heterocycles. The van der Waals surface area contributed by atoms with Crippen molar-refractivity contribution in [1.82, 2.24) is 15.3 Å². The molecule has 1 spiro atoms. The van der Waals surface area contributed by atoms with Gasteiger partial charge in [-0.2, -0.15) is 4.98 Å². The van der Waals surface area contributed by atoms with E-state index in [1.807, 2.05) is 14.0 Å². The summed E-state index contributed by atoms with van der Waals surface area (Å²) in [5.41, 5.74) is -0.372. The minimum Gasteiger partial charge on any atom is -0.511 e. The second kappa shape index (κ2) is 10.8. The Kier molecular flexibility index (Phi) is 8.28. The van der Waals surface area contributed by atoms with Gasteiger partial charge in [-0.1, -0.05) is 24.9 Å². The zero-order valence-corrected chi connectivity index (χ0v) is 20.1. The number of hydrogen-bond acceptors (Lipinski definition) is 7. The van der Waals surface area contributed by atoms with Crippen LogP contribution < -0.4 is 10.1 Å². The van der Waals surface area contributed by atoms with Crippen molar-refractivity contribution in [3.05, 3.63) is 28.4 Å². The van der Waals surface area contributed by atoms with Gasteiger partial charge in [-0.15, -0.1) is 0 Å². The third kappa shape index (κ3) is 5.31. The van der Waals surface area contributed by atoms with E-state index in [1.54, 1.807) is 6.07 Å². The van der Waals surface area contributed by atoms with Gasteiger partial charge in [0.15, 0.2) is 5.82 Å². The largest absolute Gasteiger partial charge is 0.511 e. The number of aliphatic hydroxyl groups excluding tert-OH is 1. The van der Waals surface area contributed by atoms with Crippen molar-refractivity contribution in [3.8, 4) is 5.88 Å². The van der Waals surface area contributed by atoms with E-state index >= 15 is 0 Å². The Morgan fingerprint density at radius 1 is 1.28 bits per heavy atom. The first kappa shape index (κ1) is 24.6. The van der Waals surface area contributed by atoms with Crippen LogP contribution in [0.25, 0.3) is 0 Å². The van der Waals surface area contributed by atoms with E-state index in [2.05, 4.69) is 22.2 Å². The van der Waals surface area contributed by atoms with E-state index in [0.717, 1.165) is 38.6 Å². The van der Waals surface area contributed by atoms with Gasteiger partial charge >= 0.3 is 0 Å². The number of halogens is 1. The number of nitrogens with zero attached hydrogens (tertiary/aromatic N) is 2. The zero-order chi connectivity index (χ0) is 23.3. The van der Waals surface area contributed by atoms with Crippen molar-refractivity contribution >= 4 is 23.1 Å². The van der Waals surface area contributed by atoms with Crippen molar-refractivity contribution in [2.45, 2.75) is 77.7 Å². The summed E-state index contributed by atoms with van der Waals surface area (Å²) in [6, 6.07) is 1.55. The van der Waals surface area contributed by atoms with Crippen LogP contribution in [-0.4, -0.2) is 46.3 Å². The highest BCUT2D eigenvalue weighted by Gasteiger charge is 2.47. The molecule has 32 heavy (non-hydrogen) atoms. The van der Waals surface area contributed by atoms with Gasteiger partial charge in [0, 0.05) is 18.1 Å². The first-order valence-electron chi connectivity index (χ1n) is 11.7. The molecule has 0 aromatic carbocycles. The number of allylic oxidation sites excluding steroid dienone is 2. The standard InChI is InChI=1S/C24H35ClN4O3/c1-15(8-7-13-27-3)16(2)32-20-14-19(25)28-23(29-20)21(26)17-9-6-12-24(22(17)31)11-5-4-10-18(24)30/h14-16,26-27,31H,4-13H2,1-3H3/t15-,16-,24+/m0/s1. The first-order chi connectivity index (χ1) is 15.3. The summed E-state index contributed by atoms with van der Waals surface area (Å²) in [6.45, 7) is 5.09. The second-order valence-corrected chi connectivity index (χ2v) is 9.55. The Morgan fingerprint density at radius 3 is 2.75 bits per heavy atom. The number of nitrogens with one attached hydrogen (secondary N) is 2. The Morgan fingerprint density at radius 2 is 2.03 bits per heavy atom. The number of aromatic nitrogens is 2. The molecular formula is C24H35ClN4O3. The van der Waals surface area contributed by atoms with Crippen LogP contribution in [0.4, 0.5) is 0 Å². The van der Waals surface area contributed by atoms with Crippen LogP contribution in [0.3, 0.4) is 0 Å². The monoisotopic (exact) mass is 462 g/mol. The van der Waals surface area contributed by atoms with Crippen molar-refractivity contribution in [2.75, 3.05) is 13.6 Å². The molecule has 1 aromatic rings. The van der Waals surface area contributed by atoms with Gasteiger partial charge in [0.2, 0.25) is 5.88 Å². The van der Waals surface area contributed by atoms with Gasteiger partial charge in [0.1, 0.15) is 28.5 Å². The molecule has 1 fully saturated rings. The molecule has 3 N–H and O–H groups in total. The number of ketones is 1. The molecule has 0 unspecified atom stereocenters. The predicted octanol–water partition coefficient (Wildman–Crippen LogP) is 5.03. The fourth-order valence-corrected chi connectivity index (χ4v) is 4.96. The Hall–Kier alpha value is -1.99. The number of aliphatic hydroxyl groups is 1. The summed E-state index contributed by atoms with van der Waals surface area (Å²) in [6.07, 6.45) is 6.80. The molecule has 3 atom stereocenters. The molecule has 1 saturated carbocycles. The van der Waals surface area contributed by atoms with Gasteiger partial charge < -0.3 is 15.2 Å². The molecule has 1 heterocycles. The van der Waals surface area contributed by atoms with E-state index in [1.165, 1.54) is 0 Å². The number of carbonyl (C=O) groups excluding carboxylic acids is 1. The fraction of sp³-hybridized carbons (Fsp3) is 0.667. The minimum atomic E-state index is -0.840. The number of Topliss-reactive ketones (excluding diaryl/α,β-unsaturated/α-hetero) is 1. The summed E-state index contributed by atoms with van der Waals surface area (Å²) in [5, 5.41) is 23.2. The average molecular weight is 463 g/mol. The van der Waals surface area contributed by atoms with E-state index < -0.39 is 5.41 Å². The van der Waals surface area contributed by atoms with Gasteiger partial charge in [-0.3, -0.25) is 10.2 Å². The molecule has 0 amide bonds. The second-order valence-electron chi connectivity index (χ2n) is 9.17. The lowest BCUT2D eigenvalue weighted by Crippen LogP contribution is -2.39. The molecule has 7 nitrogen and oxygen atoms in total. The molecule has 0 bridgehead atoms. The minimum absolute atomic E-state index is 0.0158. The summed E-state index contributed by atoms with van der Waals surface area (Å²) in [7, 11) is 1.94. The van der Waals surface area contributed by atoms with Crippen LogP contribution in [0.1, 0.15) is 77.5 Å². The first-order valence-corrected chi connectivity index (χ1v) is 12.1. The Labute approximate surface area is 195 Å². The SMILES string of the molecule is CNCCC[C@H](C)[C@H](C)Oc1cc(Cl)nc(C(=N)C2=C(O)[C@]3(CCCCC3=O)CCC2)n1. The van der Waals surface area contributed by atoms with Crippen LogP contribution in [0.15, 0.2) is 17.4 Å². The molecule has 8 heteroatoms. The highest BCUT2D eigenvalue weighted by Crippen LogP contribution is 2.48. The van der Waals surface area contributed by atoms with Crippen LogP contribution in [0.2, 0.25) is 5.15 Å². The number of carbonyl (C=O) groups is 1. The highest BCUT2D eigenvalue weighted by atomic mass is 35.5. The van der Waals surface area contributed by atoms with Gasteiger partial charge in [-0.05, 0) is 71.4 Å². The van der Waals surface area contributed by atoms with Crippen molar-refractivity contribution in [3.63, 3.8) is 0 Å². The number of rotatable bonds is 9. The molecular weight excluding hydrogens is 428 g/mol. The van der Waals surface area contributed by atoms with Crippen LogP contribution in [-0.2, 0) is 4.79 Å². The van der Waals surface area contributed by atoms with Crippen molar-refractivity contribution < 1.29 is 14.6 Å². The maximum atomic E-state index is 12.7. The lowest BCUT2D eigenvalue weighted by molar-refractivity contribution is -0.131. The van der Waals surface area contributed by atoms with E-state index in [9.17, 15) is 9.90 Å². The van der Waals surface area contributed by atoms with Gasteiger partial charge in [-0.25, -0.2) is 4.98 Å². The predicted molar refractivity (Wildman–Crippen MR) is 126 cm³/mol. The zero-order valence-electron chi connectivity index (χ0n) is 19.3. The Balaban J connectivity index is 1.81. The smallest absolute Gasteiger partial charge is 0.218 e. The summed E-state index contributed by atoms with van der Waals surface area (Å²) >= 11 is 6.23. The maximum Gasteiger partial charge on any atom is 0.218 e. The van der Waals surface area contributed by atoms with Gasteiger partial charge in [0.05, 0.1) is 5.41 Å². The molecule has 0 radical (unpaired) electrons. The molecule has 0 saturated heterocycles. The quantitative estimate of drug-likeness (QED) is 0.270. The third-order valence-corrected chi connectivity index (χ3v) is 7.15. The molecule has 0 aliphatic heterocycles. The van der Waals surface area contributed by atoms with Crippen LogP contribution in [0.5, 0.6) is 5.88 Å². The topological polar surface area (TPSA) is 108 Å². The normalized spacial score (nSPS) is 23.3.